The number of anilines is 1. The molecule has 3 heteroatoms. The first-order chi connectivity index (χ1) is 8.51. The molecular formula is C15H22N2O. The zero-order valence-corrected chi connectivity index (χ0v) is 11.2. The molecule has 1 fully saturated rings. The van der Waals surface area contributed by atoms with Gasteiger partial charge in [0.05, 0.1) is 5.54 Å². The van der Waals surface area contributed by atoms with Crippen LogP contribution in [-0.4, -0.2) is 11.4 Å². The molecule has 3 N–H and O–H groups in total. The molecule has 1 amide bonds. The minimum Gasteiger partial charge on any atom is -0.324 e. The van der Waals surface area contributed by atoms with Gasteiger partial charge in [-0.25, -0.2) is 0 Å². The van der Waals surface area contributed by atoms with E-state index in [1.165, 1.54) is 5.56 Å². The Morgan fingerprint density at radius 3 is 2.61 bits per heavy atom. The Labute approximate surface area is 109 Å². The number of carbonyl (C=O) groups is 1. The van der Waals surface area contributed by atoms with Crippen molar-refractivity contribution in [2.45, 2.75) is 51.0 Å². The summed E-state index contributed by atoms with van der Waals surface area (Å²) in [6.45, 7) is 4.28. The highest BCUT2D eigenvalue weighted by Crippen LogP contribution is 2.28. The van der Waals surface area contributed by atoms with Crippen molar-refractivity contribution in [2.24, 2.45) is 5.73 Å². The summed E-state index contributed by atoms with van der Waals surface area (Å²) >= 11 is 0. The Bertz CT molecular complexity index is 434. The van der Waals surface area contributed by atoms with E-state index in [2.05, 4.69) is 25.2 Å². The van der Waals surface area contributed by atoms with Crippen LogP contribution < -0.4 is 11.1 Å². The molecule has 2 rings (SSSR count). The predicted molar refractivity (Wildman–Crippen MR) is 74.5 cm³/mol. The van der Waals surface area contributed by atoms with Crippen molar-refractivity contribution in [1.29, 1.82) is 0 Å². The van der Waals surface area contributed by atoms with E-state index in [9.17, 15) is 4.79 Å². The SMILES string of the molecule is CC(C)c1cccc(NC(=O)C2(N)CCCC2)c1. The topological polar surface area (TPSA) is 55.1 Å². The van der Waals surface area contributed by atoms with Gasteiger partial charge in [0.2, 0.25) is 5.91 Å². The van der Waals surface area contributed by atoms with Crippen LogP contribution >= 0.6 is 0 Å². The largest absolute Gasteiger partial charge is 0.324 e. The summed E-state index contributed by atoms with van der Waals surface area (Å²) in [5.41, 5.74) is 7.55. The maximum Gasteiger partial charge on any atom is 0.244 e. The van der Waals surface area contributed by atoms with Crippen LogP contribution in [0.3, 0.4) is 0 Å². The molecular weight excluding hydrogens is 224 g/mol. The Hall–Kier alpha value is -1.35. The predicted octanol–water partition coefficient (Wildman–Crippen LogP) is 3.02. The standard InChI is InChI=1S/C15H22N2O/c1-11(2)12-6-5-7-13(10-12)17-14(18)15(16)8-3-4-9-15/h5-7,10-11H,3-4,8-9,16H2,1-2H3,(H,17,18). The molecule has 0 bridgehead atoms. The third-order valence-electron chi connectivity index (χ3n) is 3.76. The quantitative estimate of drug-likeness (QED) is 0.861. The molecule has 1 aromatic rings. The van der Waals surface area contributed by atoms with Gasteiger partial charge in [-0.2, -0.15) is 0 Å². The van der Waals surface area contributed by atoms with Crippen LogP contribution in [0.4, 0.5) is 5.69 Å². The van der Waals surface area contributed by atoms with Gasteiger partial charge in [0.25, 0.3) is 0 Å². The summed E-state index contributed by atoms with van der Waals surface area (Å²) in [6, 6.07) is 8.00. The normalized spacial score (nSPS) is 18.0. The monoisotopic (exact) mass is 246 g/mol. The van der Waals surface area contributed by atoms with Crippen LogP contribution in [0.5, 0.6) is 0 Å². The second kappa shape index (κ2) is 5.11. The van der Waals surface area contributed by atoms with Crippen LogP contribution in [0.15, 0.2) is 24.3 Å². The molecule has 0 atom stereocenters. The lowest BCUT2D eigenvalue weighted by molar-refractivity contribution is -0.121. The number of rotatable bonds is 3. The van der Waals surface area contributed by atoms with E-state index < -0.39 is 5.54 Å². The number of amides is 1. The molecule has 0 radical (unpaired) electrons. The summed E-state index contributed by atoms with van der Waals surface area (Å²) in [4.78, 5) is 12.2. The maximum absolute atomic E-state index is 12.2. The minimum absolute atomic E-state index is 0.0408. The minimum atomic E-state index is -0.659. The zero-order valence-electron chi connectivity index (χ0n) is 11.2. The lowest BCUT2D eigenvalue weighted by atomic mass is 9.97. The summed E-state index contributed by atoms with van der Waals surface area (Å²) < 4.78 is 0. The van der Waals surface area contributed by atoms with Gasteiger partial charge in [-0.15, -0.1) is 0 Å². The molecule has 98 valence electrons. The third-order valence-corrected chi connectivity index (χ3v) is 3.76. The van der Waals surface area contributed by atoms with Gasteiger partial charge >= 0.3 is 0 Å². The Morgan fingerprint density at radius 2 is 2.00 bits per heavy atom. The third kappa shape index (κ3) is 2.72. The van der Waals surface area contributed by atoms with E-state index >= 15 is 0 Å². The second-order valence-corrected chi connectivity index (χ2v) is 5.60. The first-order valence-corrected chi connectivity index (χ1v) is 6.71. The fourth-order valence-electron chi connectivity index (χ4n) is 2.46. The number of nitrogens with one attached hydrogen (secondary N) is 1. The van der Waals surface area contributed by atoms with Crippen molar-refractivity contribution in [1.82, 2.24) is 0 Å². The summed E-state index contributed by atoms with van der Waals surface area (Å²) in [6.07, 6.45) is 3.69. The molecule has 0 spiro atoms. The van der Waals surface area contributed by atoms with Crippen LogP contribution in [0.25, 0.3) is 0 Å². The van der Waals surface area contributed by atoms with Crippen LogP contribution in [0.2, 0.25) is 0 Å². The fraction of sp³-hybridized carbons (Fsp3) is 0.533. The lowest BCUT2D eigenvalue weighted by Crippen LogP contribution is -2.48. The number of carbonyl (C=O) groups excluding carboxylic acids is 1. The van der Waals surface area contributed by atoms with Gasteiger partial charge in [0.1, 0.15) is 0 Å². The lowest BCUT2D eigenvalue weighted by Gasteiger charge is -2.22. The number of nitrogens with two attached hydrogens (primary N) is 1. The van der Waals surface area contributed by atoms with Gasteiger partial charge in [-0.1, -0.05) is 38.8 Å². The van der Waals surface area contributed by atoms with Gasteiger partial charge in [-0.05, 0) is 36.5 Å². The molecule has 1 aromatic carbocycles. The second-order valence-electron chi connectivity index (χ2n) is 5.60. The van der Waals surface area contributed by atoms with E-state index in [4.69, 9.17) is 5.73 Å². The molecule has 1 aliphatic rings. The van der Waals surface area contributed by atoms with E-state index in [-0.39, 0.29) is 5.91 Å². The molecule has 0 aliphatic heterocycles. The van der Waals surface area contributed by atoms with E-state index in [1.807, 2.05) is 18.2 Å². The van der Waals surface area contributed by atoms with Gasteiger partial charge in [-0.3, -0.25) is 4.79 Å². The van der Waals surface area contributed by atoms with Crippen molar-refractivity contribution in [3.8, 4) is 0 Å². The molecule has 18 heavy (non-hydrogen) atoms. The van der Waals surface area contributed by atoms with Crippen molar-refractivity contribution >= 4 is 11.6 Å². The molecule has 0 heterocycles. The highest BCUT2D eigenvalue weighted by molar-refractivity contribution is 5.98. The average molecular weight is 246 g/mol. The first-order valence-electron chi connectivity index (χ1n) is 6.71. The first kappa shape index (κ1) is 13.1. The van der Waals surface area contributed by atoms with Gasteiger partial charge in [0.15, 0.2) is 0 Å². The Balaban J connectivity index is 2.09. The van der Waals surface area contributed by atoms with Crippen LogP contribution in [0, 0.1) is 0 Å². The molecule has 0 unspecified atom stereocenters. The number of benzene rings is 1. The van der Waals surface area contributed by atoms with Crippen molar-refractivity contribution < 1.29 is 4.79 Å². The average Bonchev–Trinajstić information content (AvgIpc) is 2.78. The van der Waals surface area contributed by atoms with Crippen molar-refractivity contribution in [3.63, 3.8) is 0 Å². The van der Waals surface area contributed by atoms with Crippen molar-refractivity contribution in [2.75, 3.05) is 5.32 Å². The number of hydrogen-bond donors (Lipinski definition) is 2. The van der Waals surface area contributed by atoms with Crippen molar-refractivity contribution in [3.05, 3.63) is 29.8 Å². The highest BCUT2D eigenvalue weighted by Gasteiger charge is 2.36. The zero-order chi connectivity index (χ0) is 13.2. The number of hydrogen-bond acceptors (Lipinski definition) is 2. The fourth-order valence-corrected chi connectivity index (χ4v) is 2.46. The summed E-state index contributed by atoms with van der Waals surface area (Å²) in [7, 11) is 0. The maximum atomic E-state index is 12.2. The van der Waals surface area contributed by atoms with E-state index in [1.54, 1.807) is 0 Å². The van der Waals surface area contributed by atoms with Crippen LogP contribution in [-0.2, 0) is 4.79 Å². The Kier molecular flexibility index (Phi) is 3.71. The van der Waals surface area contributed by atoms with E-state index in [0.717, 1.165) is 31.4 Å². The Morgan fingerprint density at radius 1 is 1.33 bits per heavy atom. The summed E-state index contributed by atoms with van der Waals surface area (Å²) in [5.74, 6) is 0.418. The highest BCUT2D eigenvalue weighted by atomic mass is 16.2. The molecule has 0 saturated heterocycles. The van der Waals surface area contributed by atoms with Gasteiger partial charge in [0, 0.05) is 5.69 Å². The molecule has 3 nitrogen and oxygen atoms in total. The molecule has 0 aromatic heterocycles. The molecule has 1 saturated carbocycles. The smallest absolute Gasteiger partial charge is 0.244 e. The molecule has 1 aliphatic carbocycles. The van der Waals surface area contributed by atoms with Crippen LogP contribution in [0.1, 0.15) is 51.0 Å². The van der Waals surface area contributed by atoms with E-state index in [0.29, 0.717) is 5.92 Å². The van der Waals surface area contributed by atoms with Gasteiger partial charge < -0.3 is 11.1 Å². The summed E-state index contributed by atoms with van der Waals surface area (Å²) in [5, 5.41) is 2.96.